The quantitative estimate of drug-likeness (QED) is 0.299. The van der Waals surface area contributed by atoms with E-state index in [2.05, 4.69) is 27.0 Å². The Kier molecular flexibility index (Phi) is 4.44. The number of rotatable bonds is 3. The molecule has 0 radical (unpaired) electrons. The summed E-state index contributed by atoms with van der Waals surface area (Å²) in [5, 5.41) is 4.57. The standard InChI is InChI=1S/C20H18ClN3O3/c1-11-17(18(25)20(26)27-2)19(21)24-16(22-11)10-15(23-24)14-8-7-12-5-3-4-6-13(12)9-14/h7-10H,3-6H2,1-2H3. The highest BCUT2D eigenvalue weighted by Crippen LogP contribution is 2.29. The second kappa shape index (κ2) is 6.78. The number of halogens is 1. The van der Waals surface area contributed by atoms with E-state index >= 15 is 0 Å². The minimum Gasteiger partial charge on any atom is -0.463 e. The van der Waals surface area contributed by atoms with Gasteiger partial charge in [0.05, 0.1) is 24.1 Å². The summed E-state index contributed by atoms with van der Waals surface area (Å²) in [4.78, 5) is 28.3. The van der Waals surface area contributed by atoms with Gasteiger partial charge in [0.15, 0.2) is 5.65 Å². The lowest BCUT2D eigenvalue weighted by Gasteiger charge is -2.15. The third-order valence-electron chi connectivity index (χ3n) is 4.97. The number of esters is 1. The molecular formula is C20H18ClN3O3. The molecule has 0 saturated heterocycles. The van der Waals surface area contributed by atoms with Crippen molar-refractivity contribution < 1.29 is 14.3 Å². The van der Waals surface area contributed by atoms with E-state index in [0.717, 1.165) is 31.2 Å². The van der Waals surface area contributed by atoms with Crippen molar-refractivity contribution in [3.63, 3.8) is 0 Å². The van der Waals surface area contributed by atoms with Crippen LogP contribution in [0.15, 0.2) is 24.3 Å². The minimum atomic E-state index is -0.983. The summed E-state index contributed by atoms with van der Waals surface area (Å²) in [5.74, 6) is -1.82. The number of methoxy groups -OCH3 is 1. The van der Waals surface area contributed by atoms with Gasteiger partial charge in [-0.15, -0.1) is 0 Å². The van der Waals surface area contributed by atoms with Crippen molar-refractivity contribution in [2.24, 2.45) is 0 Å². The molecule has 0 N–H and O–H groups in total. The van der Waals surface area contributed by atoms with Crippen LogP contribution in [0.1, 0.15) is 40.0 Å². The molecule has 1 aliphatic carbocycles. The van der Waals surface area contributed by atoms with Gasteiger partial charge in [-0.05, 0) is 49.8 Å². The molecule has 0 fully saturated rings. The van der Waals surface area contributed by atoms with Gasteiger partial charge in [0.25, 0.3) is 5.78 Å². The average Bonchev–Trinajstić information content (AvgIpc) is 3.11. The van der Waals surface area contributed by atoms with E-state index in [1.165, 1.54) is 28.5 Å². The number of ketones is 1. The molecule has 138 valence electrons. The zero-order chi connectivity index (χ0) is 19.1. The highest BCUT2D eigenvalue weighted by molar-refractivity contribution is 6.45. The second-order valence-corrected chi connectivity index (χ2v) is 7.03. The summed E-state index contributed by atoms with van der Waals surface area (Å²) >= 11 is 6.39. The van der Waals surface area contributed by atoms with E-state index in [1.807, 2.05) is 12.1 Å². The Hall–Kier alpha value is -2.73. The molecule has 0 aliphatic heterocycles. The summed E-state index contributed by atoms with van der Waals surface area (Å²) in [7, 11) is 1.15. The van der Waals surface area contributed by atoms with Crippen LogP contribution < -0.4 is 0 Å². The Morgan fingerprint density at radius 1 is 1.15 bits per heavy atom. The number of Topliss-reactive ketones (excluding diaryl/α,β-unsaturated/α-hetero) is 1. The fourth-order valence-corrected chi connectivity index (χ4v) is 3.91. The molecule has 27 heavy (non-hydrogen) atoms. The monoisotopic (exact) mass is 383 g/mol. The van der Waals surface area contributed by atoms with Gasteiger partial charge in [0.2, 0.25) is 0 Å². The van der Waals surface area contributed by atoms with E-state index in [-0.39, 0.29) is 10.7 Å². The van der Waals surface area contributed by atoms with Crippen molar-refractivity contribution in [2.75, 3.05) is 7.11 Å². The molecule has 1 aliphatic rings. The summed E-state index contributed by atoms with van der Waals surface area (Å²) in [6, 6.07) is 8.20. The molecule has 0 spiro atoms. The van der Waals surface area contributed by atoms with E-state index < -0.39 is 11.8 Å². The summed E-state index contributed by atoms with van der Waals surface area (Å²) in [6.07, 6.45) is 4.63. The van der Waals surface area contributed by atoms with E-state index in [9.17, 15) is 9.59 Å². The molecule has 0 atom stereocenters. The van der Waals surface area contributed by atoms with Crippen molar-refractivity contribution in [1.82, 2.24) is 14.6 Å². The average molecular weight is 384 g/mol. The fraction of sp³-hybridized carbons (Fsp3) is 0.300. The van der Waals surface area contributed by atoms with Gasteiger partial charge in [-0.1, -0.05) is 23.7 Å². The first-order valence-corrected chi connectivity index (χ1v) is 9.18. The first kappa shape index (κ1) is 17.7. The van der Waals surface area contributed by atoms with Gasteiger partial charge in [-0.25, -0.2) is 14.3 Å². The van der Waals surface area contributed by atoms with Crippen LogP contribution in [-0.4, -0.2) is 33.5 Å². The molecule has 6 nitrogen and oxygen atoms in total. The SMILES string of the molecule is COC(=O)C(=O)c1c(C)nc2cc(-c3ccc4c(c3)CCCC4)nn2c1Cl. The molecule has 1 aromatic carbocycles. The van der Waals surface area contributed by atoms with Crippen molar-refractivity contribution in [2.45, 2.75) is 32.6 Å². The topological polar surface area (TPSA) is 73.6 Å². The summed E-state index contributed by atoms with van der Waals surface area (Å²) in [6.45, 7) is 1.63. The van der Waals surface area contributed by atoms with E-state index in [4.69, 9.17) is 11.6 Å². The van der Waals surface area contributed by atoms with Gasteiger partial charge in [-0.2, -0.15) is 5.10 Å². The first-order valence-electron chi connectivity index (χ1n) is 8.80. The third-order valence-corrected chi connectivity index (χ3v) is 5.32. The van der Waals surface area contributed by atoms with Crippen molar-refractivity contribution >= 4 is 29.0 Å². The van der Waals surface area contributed by atoms with E-state index in [1.54, 1.807) is 6.92 Å². The van der Waals surface area contributed by atoms with Crippen LogP contribution in [0.3, 0.4) is 0 Å². The largest absolute Gasteiger partial charge is 0.463 e. The highest BCUT2D eigenvalue weighted by atomic mass is 35.5. The van der Waals surface area contributed by atoms with Gasteiger partial charge < -0.3 is 4.74 Å². The maximum atomic E-state index is 12.3. The highest BCUT2D eigenvalue weighted by Gasteiger charge is 2.26. The Bertz CT molecular complexity index is 1090. The number of hydrogen-bond donors (Lipinski definition) is 0. The van der Waals surface area contributed by atoms with Gasteiger partial charge in [-0.3, -0.25) is 4.79 Å². The zero-order valence-electron chi connectivity index (χ0n) is 15.1. The van der Waals surface area contributed by atoms with E-state index in [0.29, 0.717) is 11.3 Å². The Morgan fingerprint density at radius 3 is 2.63 bits per heavy atom. The number of aryl methyl sites for hydroxylation is 3. The maximum absolute atomic E-state index is 12.3. The van der Waals surface area contributed by atoms with Crippen LogP contribution in [0.4, 0.5) is 0 Å². The van der Waals surface area contributed by atoms with Crippen molar-refractivity contribution in [3.8, 4) is 11.3 Å². The number of benzene rings is 1. The van der Waals surface area contributed by atoms with Crippen molar-refractivity contribution in [1.29, 1.82) is 0 Å². The number of hydrogen-bond acceptors (Lipinski definition) is 5. The molecule has 2 aromatic heterocycles. The molecule has 2 heterocycles. The predicted octanol–water partition coefficient (Wildman–Crippen LogP) is 3.59. The Morgan fingerprint density at radius 2 is 1.89 bits per heavy atom. The van der Waals surface area contributed by atoms with Gasteiger partial charge in [0.1, 0.15) is 5.15 Å². The molecule has 0 bridgehead atoms. The molecule has 0 amide bonds. The fourth-order valence-electron chi connectivity index (χ4n) is 3.56. The third kappa shape index (κ3) is 3.00. The lowest BCUT2D eigenvalue weighted by molar-refractivity contribution is -0.135. The predicted molar refractivity (Wildman–Crippen MR) is 101 cm³/mol. The van der Waals surface area contributed by atoms with Gasteiger partial charge in [0, 0.05) is 11.6 Å². The number of nitrogens with zero attached hydrogens (tertiary/aromatic N) is 3. The maximum Gasteiger partial charge on any atom is 0.379 e. The first-order chi connectivity index (χ1) is 13.0. The molecule has 0 saturated carbocycles. The van der Waals surface area contributed by atoms with Crippen molar-refractivity contribution in [3.05, 3.63) is 51.8 Å². The number of carbonyl (C=O) groups excluding carboxylic acids is 2. The lowest BCUT2D eigenvalue weighted by atomic mass is 9.90. The number of aromatic nitrogens is 3. The zero-order valence-corrected chi connectivity index (χ0v) is 15.8. The van der Waals surface area contributed by atoms with Crippen LogP contribution in [0.5, 0.6) is 0 Å². The summed E-state index contributed by atoms with van der Waals surface area (Å²) < 4.78 is 5.90. The molecule has 3 aromatic rings. The lowest BCUT2D eigenvalue weighted by Crippen LogP contribution is -2.19. The van der Waals surface area contributed by atoms with Crippen LogP contribution in [0.2, 0.25) is 5.15 Å². The summed E-state index contributed by atoms with van der Waals surface area (Å²) in [5.41, 5.74) is 5.34. The number of ether oxygens (including phenoxy) is 1. The number of fused-ring (bicyclic) bond motifs is 2. The molecule has 7 heteroatoms. The molecule has 4 rings (SSSR count). The normalized spacial score (nSPS) is 13.4. The smallest absolute Gasteiger partial charge is 0.379 e. The van der Waals surface area contributed by atoms with Crippen LogP contribution in [0.25, 0.3) is 16.9 Å². The molecular weight excluding hydrogens is 366 g/mol. The van der Waals surface area contributed by atoms with Crippen LogP contribution in [0, 0.1) is 6.92 Å². The number of carbonyl (C=O) groups is 2. The van der Waals surface area contributed by atoms with Crippen LogP contribution >= 0.6 is 11.6 Å². The van der Waals surface area contributed by atoms with Gasteiger partial charge >= 0.3 is 5.97 Å². The Balaban J connectivity index is 1.82. The molecule has 0 unspecified atom stereocenters. The minimum absolute atomic E-state index is 0.0103. The second-order valence-electron chi connectivity index (χ2n) is 6.67. The van der Waals surface area contributed by atoms with Crippen LogP contribution in [-0.2, 0) is 22.4 Å². The Labute approximate surface area is 161 Å².